The third-order valence-corrected chi connectivity index (χ3v) is 2.14. The number of hydrogen-bond acceptors (Lipinski definition) is 3. The third-order valence-electron chi connectivity index (χ3n) is 2.14. The van der Waals surface area contributed by atoms with Crippen LogP contribution >= 0.6 is 0 Å². The molecule has 0 unspecified atom stereocenters. The number of hydrogen-bond donors (Lipinski definition) is 0. The smallest absolute Gasteiger partial charge is 0.349 e. The molecular formula is C13H17NO2. The molecule has 0 N–H and O–H groups in total. The molecule has 3 nitrogen and oxygen atoms in total. The number of benzene rings is 1. The molecule has 0 saturated heterocycles. The first-order chi connectivity index (χ1) is 7.76. The Kier molecular flexibility index (Phi) is 5.29. The van der Waals surface area contributed by atoms with Crippen LogP contribution in [0.15, 0.2) is 36.4 Å². The number of carbonyl (C=O) groups excluding carboxylic acids is 1. The van der Waals surface area contributed by atoms with Crippen LogP contribution in [-0.2, 0) is 9.63 Å². The highest BCUT2D eigenvalue weighted by Crippen LogP contribution is 2.01. The summed E-state index contributed by atoms with van der Waals surface area (Å²) < 4.78 is 0. The molecule has 0 radical (unpaired) electrons. The van der Waals surface area contributed by atoms with E-state index in [1.165, 1.54) is 6.08 Å². The van der Waals surface area contributed by atoms with Crippen molar-refractivity contribution in [3.05, 3.63) is 42.0 Å². The molecule has 0 aliphatic heterocycles. The maximum absolute atomic E-state index is 11.4. The van der Waals surface area contributed by atoms with Gasteiger partial charge in [-0.25, -0.2) is 4.79 Å². The van der Waals surface area contributed by atoms with Gasteiger partial charge in [-0.1, -0.05) is 30.3 Å². The van der Waals surface area contributed by atoms with Gasteiger partial charge in [-0.15, -0.1) is 5.06 Å². The Morgan fingerprint density at radius 2 is 1.88 bits per heavy atom. The van der Waals surface area contributed by atoms with Crippen molar-refractivity contribution in [2.75, 3.05) is 13.1 Å². The third kappa shape index (κ3) is 4.28. The molecule has 0 aliphatic carbocycles. The predicted molar refractivity (Wildman–Crippen MR) is 64.5 cm³/mol. The Morgan fingerprint density at radius 3 is 2.44 bits per heavy atom. The Bertz CT molecular complexity index is 342. The molecular weight excluding hydrogens is 202 g/mol. The maximum atomic E-state index is 11.4. The van der Waals surface area contributed by atoms with Crippen molar-refractivity contribution in [2.45, 2.75) is 13.8 Å². The summed E-state index contributed by atoms with van der Waals surface area (Å²) in [7, 11) is 0. The van der Waals surface area contributed by atoms with Gasteiger partial charge in [0.1, 0.15) is 0 Å². The largest absolute Gasteiger partial charge is 0.364 e. The molecule has 1 aromatic carbocycles. The van der Waals surface area contributed by atoms with Crippen LogP contribution in [0, 0.1) is 0 Å². The van der Waals surface area contributed by atoms with Crippen LogP contribution in [-0.4, -0.2) is 24.1 Å². The molecule has 0 amide bonds. The molecule has 0 aliphatic rings. The maximum Gasteiger partial charge on any atom is 0.349 e. The van der Waals surface area contributed by atoms with E-state index in [4.69, 9.17) is 4.84 Å². The minimum atomic E-state index is -0.340. The average molecular weight is 219 g/mol. The van der Waals surface area contributed by atoms with E-state index in [-0.39, 0.29) is 5.97 Å². The number of nitrogens with zero attached hydrogens (tertiary/aromatic N) is 1. The molecule has 3 heteroatoms. The van der Waals surface area contributed by atoms with Gasteiger partial charge in [-0.05, 0) is 25.5 Å². The average Bonchev–Trinajstić information content (AvgIpc) is 2.34. The normalized spacial score (nSPS) is 10.9. The summed E-state index contributed by atoms with van der Waals surface area (Å²) in [6.45, 7) is 5.28. The van der Waals surface area contributed by atoms with Gasteiger partial charge in [0.05, 0.1) is 0 Å². The van der Waals surface area contributed by atoms with Crippen LogP contribution in [0.3, 0.4) is 0 Å². The van der Waals surface area contributed by atoms with Gasteiger partial charge >= 0.3 is 5.97 Å². The van der Waals surface area contributed by atoms with Crippen molar-refractivity contribution in [2.24, 2.45) is 0 Å². The number of rotatable bonds is 5. The van der Waals surface area contributed by atoms with Crippen molar-refractivity contribution < 1.29 is 9.63 Å². The molecule has 86 valence electrons. The topological polar surface area (TPSA) is 29.5 Å². The van der Waals surface area contributed by atoms with Crippen LogP contribution in [0.25, 0.3) is 6.08 Å². The fourth-order valence-electron chi connectivity index (χ4n) is 1.24. The minimum absolute atomic E-state index is 0.340. The van der Waals surface area contributed by atoms with Crippen LogP contribution < -0.4 is 0 Å². The first-order valence-electron chi connectivity index (χ1n) is 5.46. The van der Waals surface area contributed by atoms with E-state index in [0.717, 1.165) is 5.56 Å². The molecule has 0 bridgehead atoms. The van der Waals surface area contributed by atoms with Crippen molar-refractivity contribution in [1.29, 1.82) is 0 Å². The van der Waals surface area contributed by atoms with E-state index >= 15 is 0 Å². The lowest BCUT2D eigenvalue weighted by Gasteiger charge is -2.15. The summed E-state index contributed by atoms with van der Waals surface area (Å²) >= 11 is 0. The Hall–Kier alpha value is -1.61. The molecule has 16 heavy (non-hydrogen) atoms. The first kappa shape index (κ1) is 12.5. The van der Waals surface area contributed by atoms with Crippen LogP contribution in [0.5, 0.6) is 0 Å². The van der Waals surface area contributed by atoms with E-state index in [1.54, 1.807) is 11.1 Å². The summed E-state index contributed by atoms with van der Waals surface area (Å²) in [6.07, 6.45) is 3.18. The lowest BCUT2D eigenvalue weighted by atomic mass is 10.2. The quantitative estimate of drug-likeness (QED) is 0.563. The fourth-order valence-corrected chi connectivity index (χ4v) is 1.24. The Morgan fingerprint density at radius 1 is 1.25 bits per heavy atom. The van der Waals surface area contributed by atoms with Gasteiger partial charge in [0.25, 0.3) is 0 Å². The van der Waals surface area contributed by atoms with Crippen molar-refractivity contribution >= 4 is 12.0 Å². The Labute approximate surface area is 96.3 Å². The molecule has 1 rings (SSSR count). The van der Waals surface area contributed by atoms with Gasteiger partial charge in [-0.3, -0.25) is 0 Å². The lowest BCUT2D eigenvalue weighted by Crippen LogP contribution is -2.25. The summed E-state index contributed by atoms with van der Waals surface area (Å²) in [5.41, 5.74) is 0.985. The van der Waals surface area contributed by atoms with E-state index in [9.17, 15) is 4.79 Å². The number of carbonyl (C=O) groups is 1. The van der Waals surface area contributed by atoms with Gasteiger partial charge in [0.15, 0.2) is 0 Å². The van der Waals surface area contributed by atoms with Gasteiger partial charge < -0.3 is 4.84 Å². The van der Waals surface area contributed by atoms with E-state index in [2.05, 4.69) is 0 Å². The fraction of sp³-hybridized carbons (Fsp3) is 0.308. The zero-order valence-corrected chi connectivity index (χ0v) is 9.72. The van der Waals surface area contributed by atoms with Crippen molar-refractivity contribution in [3.8, 4) is 0 Å². The zero-order valence-electron chi connectivity index (χ0n) is 9.72. The summed E-state index contributed by atoms with van der Waals surface area (Å²) in [4.78, 5) is 16.5. The number of hydroxylamine groups is 2. The van der Waals surface area contributed by atoms with Crippen molar-refractivity contribution in [3.63, 3.8) is 0 Å². The lowest BCUT2D eigenvalue weighted by molar-refractivity contribution is -0.182. The van der Waals surface area contributed by atoms with Crippen molar-refractivity contribution in [1.82, 2.24) is 5.06 Å². The highest BCUT2D eigenvalue weighted by atomic mass is 16.7. The first-order valence-corrected chi connectivity index (χ1v) is 5.46. The molecule has 0 atom stereocenters. The SMILES string of the molecule is CCN(CC)OC(=O)C=Cc1ccccc1. The molecule has 0 saturated carbocycles. The molecule has 0 aromatic heterocycles. The van der Waals surface area contributed by atoms with Gasteiger partial charge in [0, 0.05) is 19.2 Å². The Balaban J connectivity index is 2.48. The molecule has 0 heterocycles. The molecule has 0 fully saturated rings. The summed E-state index contributed by atoms with van der Waals surface area (Å²) in [5.74, 6) is -0.340. The van der Waals surface area contributed by atoms with Crippen LogP contribution in [0.2, 0.25) is 0 Å². The predicted octanol–water partition coefficient (Wildman–Crippen LogP) is 2.50. The monoisotopic (exact) mass is 219 g/mol. The second kappa shape index (κ2) is 6.80. The highest BCUT2D eigenvalue weighted by molar-refractivity contribution is 5.86. The van der Waals surface area contributed by atoms with Gasteiger partial charge in [-0.2, -0.15) is 0 Å². The van der Waals surface area contributed by atoms with E-state index in [0.29, 0.717) is 13.1 Å². The second-order valence-corrected chi connectivity index (χ2v) is 3.27. The molecule has 0 spiro atoms. The van der Waals surface area contributed by atoms with Crippen LogP contribution in [0.1, 0.15) is 19.4 Å². The van der Waals surface area contributed by atoms with E-state index in [1.807, 2.05) is 44.2 Å². The highest BCUT2D eigenvalue weighted by Gasteiger charge is 2.03. The standard InChI is InChI=1S/C13H17NO2/c1-3-14(4-2)16-13(15)11-10-12-8-6-5-7-9-12/h5-11H,3-4H2,1-2H3. The second-order valence-electron chi connectivity index (χ2n) is 3.27. The zero-order chi connectivity index (χ0) is 11.8. The van der Waals surface area contributed by atoms with E-state index < -0.39 is 0 Å². The molecule has 1 aromatic rings. The summed E-state index contributed by atoms with van der Waals surface area (Å²) in [5, 5.41) is 1.61. The summed E-state index contributed by atoms with van der Waals surface area (Å²) in [6, 6.07) is 9.65. The minimum Gasteiger partial charge on any atom is -0.364 e. The van der Waals surface area contributed by atoms with Crippen LogP contribution in [0.4, 0.5) is 0 Å². The van der Waals surface area contributed by atoms with Gasteiger partial charge in [0.2, 0.25) is 0 Å².